The number of nitrogens with zero attached hydrogens (tertiary/aromatic N) is 2. The fourth-order valence-electron chi connectivity index (χ4n) is 1.13. The van der Waals surface area contributed by atoms with Crippen LogP contribution >= 0.6 is 27.5 Å². The van der Waals surface area contributed by atoms with Crippen molar-refractivity contribution in [3.05, 3.63) is 21.2 Å². The van der Waals surface area contributed by atoms with Crippen LogP contribution in [0.1, 0.15) is 11.6 Å². The zero-order valence-corrected chi connectivity index (χ0v) is 9.40. The highest BCUT2D eigenvalue weighted by atomic mass is 79.9. The van der Waals surface area contributed by atoms with E-state index in [4.69, 9.17) is 16.0 Å². The molecule has 5 heteroatoms. The molecule has 0 radical (unpaired) electrons. The molecular formula is C8H6BrClN2O. The average Bonchev–Trinajstić information content (AvgIpc) is 2.32. The van der Waals surface area contributed by atoms with Crippen molar-refractivity contribution < 1.29 is 4.42 Å². The van der Waals surface area contributed by atoms with E-state index in [2.05, 4.69) is 25.9 Å². The summed E-state index contributed by atoms with van der Waals surface area (Å²) in [6, 6.07) is 0. The summed E-state index contributed by atoms with van der Waals surface area (Å²) in [4.78, 5) is 8.22. The van der Waals surface area contributed by atoms with Gasteiger partial charge in [-0.2, -0.15) is 0 Å². The minimum absolute atomic E-state index is 0.358. The van der Waals surface area contributed by atoms with Crippen molar-refractivity contribution in [1.29, 1.82) is 0 Å². The Balaban J connectivity index is 2.94. The standard InChI is InChI=1S/C8H6BrClN2O/c1-3-5(9)6-7(13-3)8(10)12-4(2)11-6/h1-2H3. The van der Waals surface area contributed by atoms with Crippen LogP contribution in [0.3, 0.4) is 0 Å². The molecule has 0 aliphatic heterocycles. The van der Waals surface area contributed by atoms with Crippen LogP contribution in [0, 0.1) is 13.8 Å². The number of rotatable bonds is 0. The number of hydrogen-bond donors (Lipinski definition) is 0. The molecule has 0 aliphatic carbocycles. The van der Waals surface area contributed by atoms with Crippen LogP contribution in [0.2, 0.25) is 5.15 Å². The SMILES string of the molecule is Cc1nc(Cl)c2oc(C)c(Br)c2n1. The van der Waals surface area contributed by atoms with E-state index >= 15 is 0 Å². The van der Waals surface area contributed by atoms with Crippen molar-refractivity contribution in [3.63, 3.8) is 0 Å². The van der Waals surface area contributed by atoms with Crippen molar-refractivity contribution in [2.45, 2.75) is 13.8 Å². The van der Waals surface area contributed by atoms with Crippen molar-refractivity contribution in [1.82, 2.24) is 9.97 Å². The van der Waals surface area contributed by atoms with Gasteiger partial charge in [-0.1, -0.05) is 11.6 Å². The molecule has 0 amide bonds. The first-order valence-electron chi connectivity index (χ1n) is 3.68. The number of fused-ring (bicyclic) bond motifs is 1. The minimum Gasteiger partial charge on any atom is -0.455 e. The molecule has 0 atom stereocenters. The highest BCUT2D eigenvalue weighted by Gasteiger charge is 2.13. The lowest BCUT2D eigenvalue weighted by molar-refractivity contribution is 0.574. The number of aromatic nitrogens is 2. The average molecular weight is 262 g/mol. The second-order valence-corrected chi connectivity index (χ2v) is 3.86. The topological polar surface area (TPSA) is 38.9 Å². The lowest BCUT2D eigenvalue weighted by Crippen LogP contribution is -1.87. The number of furan rings is 1. The summed E-state index contributed by atoms with van der Waals surface area (Å²) in [5.41, 5.74) is 1.27. The Morgan fingerprint density at radius 1 is 1.31 bits per heavy atom. The first-order valence-corrected chi connectivity index (χ1v) is 4.85. The Kier molecular flexibility index (Phi) is 2.04. The molecule has 0 saturated heterocycles. The van der Waals surface area contributed by atoms with Crippen LogP contribution in [-0.2, 0) is 0 Å². The maximum absolute atomic E-state index is 5.88. The van der Waals surface area contributed by atoms with Crippen LogP contribution in [0.4, 0.5) is 0 Å². The Hall–Kier alpha value is -0.610. The predicted octanol–water partition coefficient (Wildman–Crippen LogP) is 3.26. The van der Waals surface area contributed by atoms with Crippen molar-refractivity contribution in [2.24, 2.45) is 0 Å². The highest BCUT2D eigenvalue weighted by Crippen LogP contribution is 2.31. The molecule has 0 N–H and O–H groups in total. The molecule has 0 aromatic carbocycles. The molecule has 2 rings (SSSR count). The van der Waals surface area contributed by atoms with Gasteiger partial charge in [0.15, 0.2) is 10.7 Å². The zero-order chi connectivity index (χ0) is 9.59. The minimum atomic E-state index is 0.358. The van der Waals surface area contributed by atoms with Crippen LogP contribution in [0.15, 0.2) is 8.89 Å². The quantitative estimate of drug-likeness (QED) is 0.683. The van der Waals surface area contributed by atoms with E-state index in [9.17, 15) is 0 Å². The third-order valence-electron chi connectivity index (χ3n) is 1.71. The van der Waals surface area contributed by atoms with E-state index < -0.39 is 0 Å². The van der Waals surface area contributed by atoms with Crippen LogP contribution in [-0.4, -0.2) is 9.97 Å². The maximum atomic E-state index is 5.88. The molecule has 0 bridgehead atoms. The van der Waals surface area contributed by atoms with Crippen molar-refractivity contribution >= 4 is 38.6 Å². The fourth-order valence-corrected chi connectivity index (χ4v) is 1.73. The van der Waals surface area contributed by atoms with E-state index in [1.54, 1.807) is 6.92 Å². The van der Waals surface area contributed by atoms with Gasteiger partial charge in [-0.3, -0.25) is 0 Å². The molecule has 13 heavy (non-hydrogen) atoms. The highest BCUT2D eigenvalue weighted by molar-refractivity contribution is 9.10. The summed E-state index contributed by atoms with van der Waals surface area (Å²) in [7, 11) is 0. The first kappa shape index (κ1) is 8.97. The van der Waals surface area contributed by atoms with Gasteiger partial charge in [0.2, 0.25) is 0 Å². The molecule has 0 fully saturated rings. The lowest BCUT2D eigenvalue weighted by Gasteiger charge is -1.93. The van der Waals surface area contributed by atoms with Crippen molar-refractivity contribution in [2.75, 3.05) is 0 Å². The van der Waals surface area contributed by atoms with Crippen molar-refractivity contribution in [3.8, 4) is 0 Å². The van der Waals surface area contributed by atoms with Gasteiger partial charge in [-0.05, 0) is 29.8 Å². The van der Waals surface area contributed by atoms with Crippen LogP contribution < -0.4 is 0 Å². The maximum Gasteiger partial charge on any atom is 0.191 e. The van der Waals surface area contributed by atoms with Gasteiger partial charge in [-0.15, -0.1) is 0 Å². The summed E-state index contributed by atoms with van der Waals surface area (Å²) < 4.78 is 6.22. The van der Waals surface area contributed by atoms with E-state index in [0.717, 1.165) is 15.7 Å². The summed E-state index contributed by atoms with van der Waals surface area (Å²) in [6.45, 7) is 3.64. The number of hydrogen-bond acceptors (Lipinski definition) is 3. The molecule has 0 saturated carbocycles. The normalized spacial score (nSPS) is 11.1. The van der Waals surface area contributed by atoms with Crippen LogP contribution in [0.25, 0.3) is 11.1 Å². The molecule has 2 heterocycles. The van der Waals surface area contributed by atoms with Gasteiger partial charge in [-0.25, -0.2) is 9.97 Å². The summed E-state index contributed by atoms with van der Waals surface area (Å²) in [6.07, 6.45) is 0. The van der Waals surface area contributed by atoms with E-state index in [-0.39, 0.29) is 0 Å². The van der Waals surface area contributed by atoms with Gasteiger partial charge in [0.05, 0.1) is 4.47 Å². The summed E-state index contributed by atoms with van der Waals surface area (Å²) in [5.74, 6) is 1.40. The monoisotopic (exact) mass is 260 g/mol. The van der Waals surface area contributed by atoms with Gasteiger partial charge in [0.1, 0.15) is 17.1 Å². The van der Waals surface area contributed by atoms with Gasteiger partial charge >= 0.3 is 0 Å². The second-order valence-electron chi connectivity index (χ2n) is 2.71. The molecule has 0 spiro atoms. The predicted molar refractivity (Wildman–Crippen MR) is 54.0 cm³/mol. The summed E-state index contributed by atoms with van der Waals surface area (Å²) in [5, 5.41) is 0.358. The second kappa shape index (κ2) is 2.96. The molecule has 3 nitrogen and oxygen atoms in total. The Morgan fingerprint density at radius 3 is 2.69 bits per heavy atom. The first-order chi connectivity index (χ1) is 6.09. The third kappa shape index (κ3) is 1.34. The smallest absolute Gasteiger partial charge is 0.191 e. The third-order valence-corrected chi connectivity index (χ3v) is 2.90. The fraction of sp³-hybridized carbons (Fsp3) is 0.250. The molecule has 68 valence electrons. The lowest BCUT2D eigenvalue weighted by atomic mass is 10.4. The number of aryl methyl sites for hydroxylation is 2. The number of halogens is 2. The van der Waals surface area contributed by atoms with Gasteiger partial charge in [0, 0.05) is 0 Å². The molecule has 0 aliphatic rings. The molecule has 2 aromatic heterocycles. The Labute approximate surface area is 88.2 Å². The molecule has 0 unspecified atom stereocenters. The summed E-state index contributed by atoms with van der Waals surface area (Å²) >= 11 is 9.26. The zero-order valence-electron chi connectivity index (χ0n) is 7.06. The van der Waals surface area contributed by atoms with Crippen LogP contribution in [0.5, 0.6) is 0 Å². The van der Waals surface area contributed by atoms with Gasteiger partial charge < -0.3 is 4.42 Å². The van der Waals surface area contributed by atoms with E-state index in [1.807, 2.05) is 6.92 Å². The Bertz CT molecular complexity index is 480. The molecular weight excluding hydrogens is 255 g/mol. The largest absolute Gasteiger partial charge is 0.455 e. The van der Waals surface area contributed by atoms with E-state index in [0.29, 0.717) is 16.6 Å². The Morgan fingerprint density at radius 2 is 2.00 bits per heavy atom. The van der Waals surface area contributed by atoms with E-state index in [1.165, 1.54) is 0 Å². The van der Waals surface area contributed by atoms with Gasteiger partial charge in [0.25, 0.3) is 0 Å². The molecule has 2 aromatic rings.